The molecule has 0 aliphatic carbocycles. The number of nitrogens with two attached hydrogens (primary N) is 1. The predicted octanol–water partition coefficient (Wildman–Crippen LogP) is 2.97. The van der Waals surface area contributed by atoms with Gasteiger partial charge < -0.3 is 5.73 Å². The van der Waals surface area contributed by atoms with Gasteiger partial charge in [0.15, 0.2) is 0 Å². The molecule has 6 heteroatoms. The second kappa shape index (κ2) is 6.27. The molecule has 19 heavy (non-hydrogen) atoms. The Morgan fingerprint density at radius 2 is 2.26 bits per heavy atom. The van der Waals surface area contributed by atoms with Gasteiger partial charge in [0.2, 0.25) is 5.91 Å². The summed E-state index contributed by atoms with van der Waals surface area (Å²) in [5.74, 6) is -0.940. The second-order valence-electron chi connectivity index (χ2n) is 3.96. The minimum Gasteiger partial charge on any atom is -0.368 e. The fourth-order valence-corrected chi connectivity index (χ4v) is 2.85. The van der Waals surface area contributed by atoms with Gasteiger partial charge in [-0.25, -0.2) is 4.39 Å². The zero-order chi connectivity index (χ0) is 13.8. The van der Waals surface area contributed by atoms with Gasteiger partial charge >= 0.3 is 0 Å². The van der Waals surface area contributed by atoms with Crippen LogP contribution in [0.2, 0.25) is 0 Å². The van der Waals surface area contributed by atoms with Crippen LogP contribution >= 0.6 is 27.3 Å². The minimum atomic E-state index is -0.729. The number of halogens is 2. The Kier molecular flexibility index (Phi) is 4.68. The van der Waals surface area contributed by atoms with Crippen molar-refractivity contribution in [2.45, 2.75) is 12.6 Å². The lowest BCUT2D eigenvalue weighted by atomic mass is 10.1. The number of nitrogens with one attached hydrogen (secondary N) is 1. The number of amides is 1. The summed E-state index contributed by atoms with van der Waals surface area (Å²) in [5, 5.41) is 5.00. The van der Waals surface area contributed by atoms with Crippen molar-refractivity contribution in [3.05, 3.63) is 56.4 Å². The molecule has 100 valence electrons. The zero-order valence-corrected chi connectivity index (χ0v) is 12.3. The van der Waals surface area contributed by atoms with Gasteiger partial charge in [0.05, 0.1) is 0 Å². The quantitative estimate of drug-likeness (QED) is 0.877. The third-order valence-corrected chi connectivity index (χ3v) is 4.21. The van der Waals surface area contributed by atoms with Gasteiger partial charge in [-0.05, 0) is 35.2 Å². The molecular weight excluding hydrogens is 331 g/mol. The molecule has 2 aromatic rings. The van der Waals surface area contributed by atoms with Crippen LogP contribution in [0.1, 0.15) is 16.5 Å². The lowest BCUT2D eigenvalue weighted by Crippen LogP contribution is -2.33. The Morgan fingerprint density at radius 3 is 2.89 bits per heavy atom. The summed E-state index contributed by atoms with van der Waals surface area (Å²) in [6, 6.07) is 7.35. The van der Waals surface area contributed by atoms with Crippen LogP contribution in [-0.2, 0) is 11.3 Å². The molecule has 3 nitrogen and oxygen atoms in total. The van der Waals surface area contributed by atoms with Crippen LogP contribution < -0.4 is 11.1 Å². The third-order valence-electron chi connectivity index (χ3n) is 2.61. The maximum absolute atomic E-state index is 13.3. The van der Waals surface area contributed by atoms with Crippen molar-refractivity contribution in [2.75, 3.05) is 0 Å². The number of primary amides is 1. The fourth-order valence-electron chi connectivity index (χ4n) is 1.72. The second-order valence-corrected chi connectivity index (χ2v) is 5.85. The first-order valence-electron chi connectivity index (χ1n) is 5.58. The van der Waals surface area contributed by atoms with Crippen LogP contribution in [0, 0.1) is 5.82 Å². The summed E-state index contributed by atoms with van der Waals surface area (Å²) < 4.78 is 13.9. The van der Waals surface area contributed by atoms with Gasteiger partial charge in [0, 0.05) is 15.9 Å². The average molecular weight is 343 g/mol. The molecule has 0 saturated heterocycles. The van der Waals surface area contributed by atoms with Gasteiger partial charge in [-0.3, -0.25) is 10.1 Å². The Balaban J connectivity index is 2.20. The van der Waals surface area contributed by atoms with E-state index in [0.717, 1.165) is 4.88 Å². The van der Waals surface area contributed by atoms with E-state index in [2.05, 4.69) is 21.2 Å². The lowest BCUT2D eigenvalue weighted by molar-refractivity contribution is -0.120. The van der Waals surface area contributed by atoms with Crippen LogP contribution in [0.5, 0.6) is 0 Å². The highest BCUT2D eigenvalue weighted by atomic mass is 79.9. The molecule has 1 amide bonds. The average Bonchev–Trinajstić information content (AvgIpc) is 2.86. The molecule has 0 fully saturated rings. The molecule has 1 unspecified atom stereocenters. The zero-order valence-electron chi connectivity index (χ0n) is 9.90. The molecule has 1 aromatic heterocycles. The SMILES string of the molecule is NC(=O)C(NCc1cccs1)c1cc(F)ccc1Br. The number of thiophene rings is 1. The smallest absolute Gasteiger partial charge is 0.239 e. The number of hydrogen-bond acceptors (Lipinski definition) is 3. The van der Waals surface area contributed by atoms with Crippen molar-refractivity contribution < 1.29 is 9.18 Å². The van der Waals surface area contributed by atoms with Crippen molar-refractivity contribution >= 4 is 33.2 Å². The summed E-state index contributed by atoms with van der Waals surface area (Å²) in [7, 11) is 0. The molecule has 0 aliphatic heterocycles. The van der Waals surface area contributed by atoms with E-state index < -0.39 is 17.8 Å². The summed E-state index contributed by atoms with van der Waals surface area (Å²) in [5.41, 5.74) is 5.89. The van der Waals surface area contributed by atoms with Crippen molar-refractivity contribution in [3.8, 4) is 0 Å². The molecule has 1 heterocycles. The van der Waals surface area contributed by atoms with E-state index >= 15 is 0 Å². The topological polar surface area (TPSA) is 55.1 Å². The van der Waals surface area contributed by atoms with Crippen molar-refractivity contribution in [3.63, 3.8) is 0 Å². The molecule has 1 aromatic carbocycles. The van der Waals surface area contributed by atoms with Gasteiger partial charge in [-0.15, -0.1) is 11.3 Å². The van der Waals surface area contributed by atoms with E-state index in [-0.39, 0.29) is 0 Å². The maximum Gasteiger partial charge on any atom is 0.239 e. The minimum absolute atomic E-state index is 0.401. The molecule has 0 spiro atoms. The Labute approximate surface area is 122 Å². The third kappa shape index (κ3) is 3.62. The van der Waals surface area contributed by atoms with Gasteiger partial charge in [0.25, 0.3) is 0 Å². The van der Waals surface area contributed by atoms with E-state index in [1.807, 2.05) is 17.5 Å². The summed E-state index contributed by atoms with van der Waals surface area (Å²) in [6.07, 6.45) is 0. The van der Waals surface area contributed by atoms with Crippen LogP contribution in [-0.4, -0.2) is 5.91 Å². The molecule has 0 aliphatic rings. The van der Waals surface area contributed by atoms with Gasteiger partial charge in [0.1, 0.15) is 11.9 Å². The highest BCUT2D eigenvalue weighted by molar-refractivity contribution is 9.10. The van der Waals surface area contributed by atoms with Gasteiger partial charge in [-0.2, -0.15) is 0 Å². The molecule has 0 saturated carbocycles. The van der Waals surface area contributed by atoms with Crippen LogP contribution in [0.15, 0.2) is 40.2 Å². The first-order valence-corrected chi connectivity index (χ1v) is 7.25. The standard InChI is InChI=1S/C13H12BrFN2OS/c14-11-4-3-8(15)6-10(11)12(13(16)18)17-7-9-2-1-5-19-9/h1-6,12,17H,7H2,(H2,16,18). The van der Waals surface area contributed by atoms with Crippen molar-refractivity contribution in [2.24, 2.45) is 5.73 Å². The number of carbonyl (C=O) groups is 1. The van der Waals surface area contributed by atoms with Crippen molar-refractivity contribution in [1.29, 1.82) is 0 Å². The van der Waals surface area contributed by atoms with E-state index in [0.29, 0.717) is 16.6 Å². The molecule has 3 N–H and O–H groups in total. The van der Waals surface area contributed by atoms with Crippen LogP contribution in [0.4, 0.5) is 4.39 Å². The Hall–Kier alpha value is -1.24. The highest BCUT2D eigenvalue weighted by Gasteiger charge is 2.20. The van der Waals surface area contributed by atoms with Crippen LogP contribution in [0.25, 0.3) is 0 Å². The van der Waals surface area contributed by atoms with E-state index in [1.165, 1.54) is 12.1 Å². The summed E-state index contributed by atoms with van der Waals surface area (Å²) >= 11 is 4.89. The molecular formula is C13H12BrFN2OS. The Morgan fingerprint density at radius 1 is 1.47 bits per heavy atom. The molecule has 0 radical (unpaired) electrons. The normalized spacial score (nSPS) is 12.3. The maximum atomic E-state index is 13.3. The fraction of sp³-hybridized carbons (Fsp3) is 0.154. The van der Waals surface area contributed by atoms with Gasteiger partial charge in [-0.1, -0.05) is 22.0 Å². The lowest BCUT2D eigenvalue weighted by Gasteiger charge is -2.17. The first kappa shape index (κ1) is 14.2. The monoisotopic (exact) mass is 342 g/mol. The summed E-state index contributed by atoms with van der Waals surface area (Å²) in [6.45, 7) is 0.508. The predicted molar refractivity (Wildman–Crippen MR) is 77.2 cm³/mol. The van der Waals surface area contributed by atoms with Crippen molar-refractivity contribution in [1.82, 2.24) is 5.32 Å². The van der Waals surface area contributed by atoms with E-state index in [4.69, 9.17) is 5.73 Å². The summed E-state index contributed by atoms with van der Waals surface area (Å²) in [4.78, 5) is 12.6. The Bertz CT molecular complexity index is 574. The van der Waals surface area contributed by atoms with Crippen LogP contribution in [0.3, 0.4) is 0 Å². The molecule has 0 bridgehead atoms. The number of rotatable bonds is 5. The number of carbonyl (C=O) groups excluding carboxylic acids is 1. The molecule has 2 rings (SSSR count). The first-order chi connectivity index (χ1) is 9.08. The number of hydrogen-bond donors (Lipinski definition) is 2. The largest absolute Gasteiger partial charge is 0.368 e. The van der Waals surface area contributed by atoms with E-state index in [1.54, 1.807) is 17.4 Å². The number of benzene rings is 1. The highest BCUT2D eigenvalue weighted by Crippen LogP contribution is 2.25. The van der Waals surface area contributed by atoms with E-state index in [9.17, 15) is 9.18 Å². The molecule has 1 atom stereocenters.